The van der Waals surface area contributed by atoms with Gasteiger partial charge in [-0.1, -0.05) is 28.8 Å². The highest BCUT2D eigenvalue weighted by Crippen LogP contribution is 2.05. The topological polar surface area (TPSA) is 64.0 Å². The van der Waals surface area contributed by atoms with E-state index in [0.717, 1.165) is 31.0 Å². The lowest BCUT2D eigenvalue weighted by molar-refractivity contribution is 0.571. The summed E-state index contributed by atoms with van der Waals surface area (Å²) >= 11 is 3.36. The molecule has 0 aliphatic carbocycles. The Kier molecular flexibility index (Phi) is 6.15. The highest BCUT2D eigenvalue weighted by atomic mass is 79.9. The molecule has 0 radical (unpaired) electrons. The maximum atomic E-state index is 11.7. The average Bonchev–Trinajstić information content (AvgIpc) is 2.71. The number of sulfonamides is 1. The highest BCUT2D eigenvalue weighted by Gasteiger charge is 2.15. The smallest absolute Gasteiger partial charge is 0.259 e. The summed E-state index contributed by atoms with van der Waals surface area (Å²) in [7, 11) is -1.68. The van der Waals surface area contributed by atoms with Gasteiger partial charge in [-0.05, 0) is 12.8 Å². The zero-order chi connectivity index (χ0) is 12.7. The molecule has 1 rings (SSSR count). The molecule has 0 bridgehead atoms. The second-order valence-corrected chi connectivity index (χ2v) is 6.39. The molecule has 7 heteroatoms. The molecule has 0 saturated heterocycles. The number of rotatable bonds is 8. The van der Waals surface area contributed by atoms with Crippen molar-refractivity contribution in [3.8, 4) is 0 Å². The van der Waals surface area contributed by atoms with Crippen LogP contribution in [0, 0.1) is 0 Å². The van der Waals surface area contributed by atoms with Gasteiger partial charge in [0, 0.05) is 25.1 Å². The minimum Gasteiger partial charge on any atom is -0.339 e. The van der Waals surface area contributed by atoms with Crippen molar-refractivity contribution in [2.24, 2.45) is 7.05 Å². The fourth-order valence-electron chi connectivity index (χ4n) is 1.38. The quantitative estimate of drug-likeness (QED) is 0.584. The predicted octanol–water partition coefficient (Wildman–Crippen LogP) is 1.65. The van der Waals surface area contributed by atoms with E-state index in [1.54, 1.807) is 11.6 Å². The number of unbranched alkanes of at least 4 members (excludes halogenated alkanes) is 3. The number of hydrogen-bond donors (Lipinski definition) is 1. The van der Waals surface area contributed by atoms with Gasteiger partial charge in [0.05, 0.1) is 6.33 Å². The zero-order valence-electron chi connectivity index (χ0n) is 9.89. The molecule has 98 valence electrons. The number of aromatic nitrogens is 2. The number of alkyl halides is 1. The van der Waals surface area contributed by atoms with Crippen molar-refractivity contribution >= 4 is 26.0 Å². The highest BCUT2D eigenvalue weighted by molar-refractivity contribution is 9.09. The van der Waals surface area contributed by atoms with Crippen LogP contribution < -0.4 is 4.72 Å². The Bertz CT molecular complexity index is 431. The van der Waals surface area contributed by atoms with Gasteiger partial charge >= 0.3 is 0 Å². The van der Waals surface area contributed by atoms with Gasteiger partial charge in [-0.15, -0.1) is 0 Å². The van der Waals surface area contributed by atoms with Crippen LogP contribution >= 0.6 is 15.9 Å². The number of imidazole rings is 1. The van der Waals surface area contributed by atoms with Crippen LogP contribution in [0.25, 0.3) is 0 Å². The summed E-state index contributed by atoms with van der Waals surface area (Å²) in [5, 5.41) is 1.09. The minimum absolute atomic E-state index is 0.0838. The molecular formula is C10H18BrN3O2S. The van der Waals surface area contributed by atoms with Crippen molar-refractivity contribution in [3.63, 3.8) is 0 Å². The van der Waals surface area contributed by atoms with Crippen molar-refractivity contribution in [1.82, 2.24) is 14.3 Å². The molecule has 0 spiro atoms. The van der Waals surface area contributed by atoms with Crippen molar-refractivity contribution in [2.45, 2.75) is 30.7 Å². The number of aryl methyl sites for hydroxylation is 1. The summed E-state index contributed by atoms with van der Waals surface area (Å²) < 4.78 is 27.6. The van der Waals surface area contributed by atoms with Crippen LogP contribution in [0.15, 0.2) is 17.6 Å². The predicted molar refractivity (Wildman–Crippen MR) is 70.7 cm³/mol. The molecular weight excluding hydrogens is 306 g/mol. The van der Waals surface area contributed by atoms with E-state index < -0.39 is 10.0 Å². The molecule has 1 aromatic heterocycles. The van der Waals surface area contributed by atoms with Gasteiger partial charge in [-0.3, -0.25) is 0 Å². The van der Waals surface area contributed by atoms with Gasteiger partial charge in [0.15, 0.2) is 5.03 Å². The summed E-state index contributed by atoms with van der Waals surface area (Å²) in [6, 6.07) is 0. The Morgan fingerprint density at radius 3 is 2.65 bits per heavy atom. The second-order valence-electron chi connectivity index (χ2n) is 3.88. The van der Waals surface area contributed by atoms with Gasteiger partial charge in [0.25, 0.3) is 10.0 Å². The van der Waals surface area contributed by atoms with Crippen LogP contribution in [0.1, 0.15) is 25.7 Å². The van der Waals surface area contributed by atoms with E-state index in [1.807, 2.05) is 0 Å². The average molecular weight is 324 g/mol. The van der Waals surface area contributed by atoms with E-state index >= 15 is 0 Å². The standard InChI is InChI=1S/C10H18BrN3O2S/c1-14-8-10(12-9-14)17(15,16)13-7-5-3-2-4-6-11/h8-9,13H,2-7H2,1H3. The Morgan fingerprint density at radius 1 is 1.35 bits per heavy atom. The normalized spacial score (nSPS) is 11.9. The molecule has 0 unspecified atom stereocenters. The molecule has 1 heterocycles. The third-order valence-electron chi connectivity index (χ3n) is 2.31. The van der Waals surface area contributed by atoms with E-state index in [1.165, 1.54) is 12.5 Å². The first-order chi connectivity index (χ1) is 8.06. The third-order valence-corrected chi connectivity index (χ3v) is 4.22. The van der Waals surface area contributed by atoms with Gasteiger partial charge in [-0.2, -0.15) is 0 Å². The van der Waals surface area contributed by atoms with Gasteiger partial charge < -0.3 is 4.57 Å². The van der Waals surface area contributed by atoms with Crippen molar-refractivity contribution in [3.05, 3.63) is 12.5 Å². The van der Waals surface area contributed by atoms with Crippen LogP contribution in [0.2, 0.25) is 0 Å². The Balaban J connectivity index is 2.31. The third kappa shape index (κ3) is 5.18. The first kappa shape index (κ1) is 14.7. The monoisotopic (exact) mass is 323 g/mol. The summed E-state index contributed by atoms with van der Waals surface area (Å²) in [4.78, 5) is 3.82. The maximum absolute atomic E-state index is 11.7. The molecule has 5 nitrogen and oxygen atoms in total. The summed E-state index contributed by atoms with van der Waals surface area (Å²) in [6.45, 7) is 0.473. The Labute approximate surface area is 111 Å². The molecule has 0 atom stereocenters. The molecule has 0 aliphatic rings. The zero-order valence-corrected chi connectivity index (χ0v) is 12.3. The van der Waals surface area contributed by atoms with E-state index in [9.17, 15) is 8.42 Å². The lowest BCUT2D eigenvalue weighted by Crippen LogP contribution is -2.25. The van der Waals surface area contributed by atoms with Crippen LogP contribution in [0.3, 0.4) is 0 Å². The Morgan fingerprint density at radius 2 is 2.06 bits per heavy atom. The lowest BCUT2D eigenvalue weighted by Gasteiger charge is -2.03. The first-order valence-corrected chi connectivity index (χ1v) is 8.20. The second kappa shape index (κ2) is 7.13. The lowest BCUT2D eigenvalue weighted by atomic mass is 10.2. The molecule has 0 fully saturated rings. The fraction of sp³-hybridized carbons (Fsp3) is 0.700. The summed E-state index contributed by atoms with van der Waals surface area (Å²) in [5.74, 6) is 0. The molecule has 17 heavy (non-hydrogen) atoms. The first-order valence-electron chi connectivity index (χ1n) is 5.60. The van der Waals surface area contributed by atoms with Crippen LogP contribution in [-0.2, 0) is 17.1 Å². The maximum Gasteiger partial charge on any atom is 0.259 e. The molecule has 0 saturated carbocycles. The van der Waals surface area contributed by atoms with E-state index in [2.05, 4.69) is 25.6 Å². The van der Waals surface area contributed by atoms with Crippen molar-refractivity contribution in [2.75, 3.05) is 11.9 Å². The molecule has 0 aromatic carbocycles. The molecule has 0 amide bonds. The largest absolute Gasteiger partial charge is 0.339 e. The SMILES string of the molecule is Cn1cnc(S(=O)(=O)NCCCCCCBr)c1. The molecule has 1 aromatic rings. The minimum atomic E-state index is -3.42. The van der Waals surface area contributed by atoms with Crippen LogP contribution in [0.4, 0.5) is 0 Å². The van der Waals surface area contributed by atoms with Crippen LogP contribution in [-0.4, -0.2) is 29.8 Å². The molecule has 1 N–H and O–H groups in total. The van der Waals surface area contributed by atoms with E-state index in [-0.39, 0.29) is 5.03 Å². The number of nitrogens with one attached hydrogen (secondary N) is 1. The van der Waals surface area contributed by atoms with Crippen molar-refractivity contribution in [1.29, 1.82) is 0 Å². The van der Waals surface area contributed by atoms with E-state index in [0.29, 0.717) is 6.54 Å². The molecule has 0 aliphatic heterocycles. The summed E-state index contributed by atoms with van der Waals surface area (Å²) in [5.41, 5.74) is 0. The van der Waals surface area contributed by atoms with Gasteiger partial charge in [0.1, 0.15) is 0 Å². The van der Waals surface area contributed by atoms with Gasteiger partial charge in [0.2, 0.25) is 0 Å². The fourth-order valence-corrected chi connectivity index (χ4v) is 2.83. The number of nitrogens with zero attached hydrogens (tertiary/aromatic N) is 2. The Hall–Kier alpha value is -0.400. The number of hydrogen-bond acceptors (Lipinski definition) is 3. The van der Waals surface area contributed by atoms with Crippen LogP contribution in [0.5, 0.6) is 0 Å². The summed E-state index contributed by atoms with van der Waals surface area (Å²) in [6.07, 6.45) is 7.12. The van der Waals surface area contributed by atoms with Gasteiger partial charge in [-0.25, -0.2) is 18.1 Å². The number of halogens is 1. The van der Waals surface area contributed by atoms with E-state index in [4.69, 9.17) is 0 Å². The van der Waals surface area contributed by atoms with Crippen molar-refractivity contribution < 1.29 is 8.42 Å².